The zero-order chi connectivity index (χ0) is 47.5. The van der Waals surface area contributed by atoms with E-state index in [9.17, 15) is 24.0 Å². The average Bonchev–Trinajstić information content (AvgIpc) is 3.46. The predicted octanol–water partition coefficient (Wildman–Crippen LogP) is 10.3. The number of piperidine rings is 1. The molecule has 0 radical (unpaired) electrons. The summed E-state index contributed by atoms with van der Waals surface area (Å²) in [5, 5.41) is 23.1. The number of imide groups is 1. The van der Waals surface area contributed by atoms with Crippen molar-refractivity contribution in [2.75, 3.05) is 25.0 Å². The van der Waals surface area contributed by atoms with E-state index in [0.29, 0.717) is 58.5 Å². The van der Waals surface area contributed by atoms with Gasteiger partial charge in [0.2, 0.25) is 11.8 Å². The molecule has 1 saturated carbocycles. The van der Waals surface area contributed by atoms with Crippen molar-refractivity contribution in [2.24, 2.45) is 17.8 Å². The summed E-state index contributed by atoms with van der Waals surface area (Å²) in [6.07, 6.45) is 6.88. The molecule has 3 aromatic carbocycles. The molecule has 0 bridgehead atoms. The summed E-state index contributed by atoms with van der Waals surface area (Å²) in [7, 11) is 0. The van der Waals surface area contributed by atoms with Crippen molar-refractivity contribution >= 4 is 52.1 Å². The molecule has 1 aromatic heterocycles. The summed E-state index contributed by atoms with van der Waals surface area (Å²) < 4.78 is 21.3. The second-order valence-electron chi connectivity index (χ2n) is 17.1. The fourth-order valence-electron chi connectivity index (χ4n) is 8.54. The SMILES string of the molecule is C=C(CCCN(CCC)CC1CCC(=C)C(Cc2ccc(C(=O)Nc3ccc(Oc4ccc(C#N)c(Cl)c4)cc3)nn2)CC1)c1cc(C(=O)C(=C)C2CCC(=O)NC2=O)c(C(C)=O)cc1F. The molecule has 3 atom stereocenters. The van der Waals surface area contributed by atoms with Crippen LogP contribution in [0.3, 0.4) is 0 Å². The van der Waals surface area contributed by atoms with Gasteiger partial charge in [-0.05, 0) is 156 Å². The van der Waals surface area contributed by atoms with E-state index in [-0.39, 0.29) is 46.7 Å². The van der Waals surface area contributed by atoms with Gasteiger partial charge in [0.05, 0.1) is 22.2 Å². The van der Waals surface area contributed by atoms with E-state index >= 15 is 4.39 Å². The van der Waals surface area contributed by atoms with Gasteiger partial charge in [0.1, 0.15) is 23.4 Å². The first kappa shape index (κ1) is 48.8. The number of amides is 3. The van der Waals surface area contributed by atoms with Gasteiger partial charge in [-0.15, -0.1) is 5.10 Å². The number of nitrogens with one attached hydrogen (secondary N) is 2. The number of ketones is 2. The van der Waals surface area contributed by atoms with Crippen molar-refractivity contribution in [1.82, 2.24) is 20.4 Å². The number of ether oxygens (including phenoxy) is 1. The highest BCUT2D eigenvalue weighted by molar-refractivity contribution is 6.31. The second-order valence-corrected chi connectivity index (χ2v) is 17.5. The number of aromatic nitrogens is 2. The van der Waals surface area contributed by atoms with Crippen molar-refractivity contribution in [3.05, 3.63) is 142 Å². The van der Waals surface area contributed by atoms with E-state index in [1.165, 1.54) is 18.6 Å². The Bertz CT molecular complexity index is 2590. The molecule has 0 spiro atoms. The normalized spacial score (nSPS) is 17.3. The molecule has 4 aromatic rings. The van der Waals surface area contributed by atoms with Crippen molar-refractivity contribution in [2.45, 2.75) is 78.1 Å². The number of hydrogen-bond donors (Lipinski definition) is 2. The fourth-order valence-corrected chi connectivity index (χ4v) is 8.76. The smallest absolute Gasteiger partial charge is 0.276 e. The van der Waals surface area contributed by atoms with Gasteiger partial charge in [-0.3, -0.25) is 29.3 Å². The Kier molecular flexibility index (Phi) is 16.7. The molecule has 14 heteroatoms. The van der Waals surface area contributed by atoms with E-state index in [1.54, 1.807) is 48.5 Å². The quantitative estimate of drug-likeness (QED) is 0.0303. The van der Waals surface area contributed by atoms with Crippen molar-refractivity contribution in [1.29, 1.82) is 5.26 Å². The summed E-state index contributed by atoms with van der Waals surface area (Å²) in [5.74, 6) is -2.45. The molecular formula is C52H54ClFN6O6. The summed E-state index contributed by atoms with van der Waals surface area (Å²) in [4.78, 5) is 65.8. The fraction of sp³-hybridized carbons (Fsp3) is 0.346. The van der Waals surface area contributed by atoms with Crippen LogP contribution < -0.4 is 15.4 Å². The first-order valence-electron chi connectivity index (χ1n) is 22.2. The Morgan fingerprint density at radius 3 is 2.36 bits per heavy atom. The standard InChI is InChI=1S/C52H54ClFN6O6/c1-6-23-60(24-7-8-32(3)43-27-45(44(34(5)61)28-47(43)54)50(63)33(4)42-20-22-49(62)57-51(42)64)30-35-10-9-31(2)36(12-11-35)25-39-16-21-48(59-58-39)52(65)56-38-14-18-40(19-15-38)66-41-17-13-37(29-55)46(53)26-41/h13-19,21,26-28,35-36,42H,2-4,6-12,20,22-25,30H2,1,5H3,(H,56,65)(H,57,62,64). The van der Waals surface area contributed by atoms with E-state index < -0.39 is 41.0 Å². The molecule has 2 N–H and O–H groups in total. The van der Waals surface area contributed by atoms with E-state index in [1.807, 2.05) is 12.1 Å². The lowest BCUT2D eigenvalue weighted by Crippen LogP contribution is -2.42. The Morgan fingerprint density at radius 2 is 1.70 bits per heavy atom. The van der Waals surface area contributed by atoms with Gasteiger partial charge in [-0.1, -0.05) is 43.8 Å². The lowest BCUT2D eigenvalue weighted by atomic mass is 9.84. The first-order chi connectivity index (χ1) is 31.6. The Labute approximate surface area is 390 Å². The summed E-state index contributed by atoms with van der Waals surface area (Å²) >= 11 is 6.11. The van der Waals surface area contributed by atoms with Crippen molar-refractivity contribution < 1.29 is 33.1 Å². The molecule has 12 nitrogen and oxygen atoms in total. The molecule has 2 aliphatic rings. The van der Waals surface area contributed by atoms with Gasteiger partial charge >= 0.3 is 0 Å². The van der Waals surface area contributed by atoms with Crippen LogP contribution in [0, 0.1) is 34.9 Å². The molecule has 3 amide bonds. The largest absolute Gasteiger partial charge is 0.457 e. The highest BCUT2D eigenvalue weighted by Gasteiger charge is 2.33. The Hall–Kier alpha value is -6.62. The number of carbonyl (C=O) groups is 5. The molecule has 1 saturated heterocycles. The van der Waals surface area contributed by atoms with Crippen LogP contribution in [0.15, 0.2) is 97.6 Å². The third-order valence-electron chi connectivity index (χ3n) is 12.3. The molecule has 2 heterocycles. The Balaban J connectivity index is 0.982. The maximum Gasteiger partial charge on any atom is 0.276 e. The zero-order valence-corrected chi connectivity index (χ0v) is 38.1. The van der Waals surface area contributed by atoms with Gasteiger partial charge in [0.25, 0.3) is 5.91 Å². The minimum absolute atomic E-state index is 0.0390. The van der Waals surface area contributed by atoms with Crippen molar-refractivity contribution in [3.8, 4) is 17.6 Å². The highest BCUT2D eigenvalue weighted by Crippen LogP contribution is 2.34. The number of carbonyl (C=O) groups excluding carboxylic acids is 5. The molecule has 3 unspecified atom stereocenters. The minimum atomic E-state index is -0.924. The summed E-state index contributed by atoms with van der Waals surface area (Å²) in [6.45, 7) is 18.4. The monoisotopic (exact) mass is 912 g/mol. The lowest BCUT2D eigenvalue weighted by molar-refractivity contribution is -0.135. The second kappa shape index (κ2) is 22.5. The number of nitriles is 1. The third-order valence-corrected chi connectivity index (χ3v) is 12.6. The maximum atomic E-state index is 15.5. The van der Waals surface area contributed by atoms with Crippen LogP contribution in [-0.4, -0.2) is 64.0 Å². The number of allylic oxidation sites excluding steroid dienone is 2. The van der Waals surface area contributed by atoms with Crippen LogP contribution in [-0.2, 0) is 16.0 Å². The van der Waals surface area contributed by atoms with Gasteiger partial charge in [-0.25, -0.2) is 4.39 Å². The molecule has 1 aliphatic carbocycles. The molecule has 1 aliphatic heterocycles. The Morgan fingerprint density at radius 1 is 0.939 bits per heavy atom. The molecule has 2 fully saturated rings. The predicted molar refractivity (Wildman–Crippen MR) is 252 cm³/mol. The molecule has 66 heavy (non-hydrogen) atoms. The number of halogens is 2. The van der Waals surface area contributed by atoms with Crippen LogP contribution in [0.2, 0.25) is 5.02 Å². The number of hydrogen-bond acceptors (Lipinski definition) is 10. The van der Waals surface area contributed by atoms with E-state index in [2.05, 4.69) is 52.4 Å². The maximum absolute atomic E-state index is 15.5. The lowest BCUT2D eigenvalue weighted by Gasteiger charge is -2.27. The van der Waals surface area contributed by atoms with Crippen LogP contribution in [0.1, 0.15) is 120 Å². The summed E-state index contributed by atoms with van der Waals surface area (Å²) in [6, 6.07) is 19.6. The van der Waals surface area contributed by atoms with Gasteiger partial charge in [0, 0.05) is 47.0 Å². The number of nitrogens with zero attached hydrogens (tertiary/aromatic N) is 4. The molecular weight excluding hydrogens is 859 g/mol. The van der Waals surface area contributed by atoms with Crippen molar-refractivity contribution in [3.63, 3.8) is 0 Å². The number of benzene rings is 3. The molecule has 6 rings (SSSR count). The van der Waals surface area contributed by atoms with Crippen LogP contribution >= 0.6 is 11.6 Å². The van der Waals surface area contributed by atoms with Gasteiger partial charge in [-0.2, -0.15) is 10.4 Å². The zero-order valence-electron chi connectivity index (χ0n) is 37.4. The van der Waals surface area contributed by atoms with Crippen LogP contribution in [0.5, 0.6) is 11.5 Å². The van der Waals surface area contributed by atoms with Crippen LogP contribution in [0.25, 0.3) is 5.57 Å². The van der Waals surface area contributed by atoms with E-state index in [0.717, 1.165) is 63.5 Å². The minimum Gasteiger partial charge on any atom is -0.457 e. The summed E-state index contributed by atoms with van der Waals surface area (Å²) in [5.41, 5.74) is 3.51. The average molecular weight is 913 g/mol. The number of rotatable bonds is 19. The number of anilines is 1. The third kappa shape index (κ3) is 12.6. The van der Waals surface area contributed by atoms with Crippen LogP contribution in [0.4, 0.5) is 10.1 Å². The first-order valence-corrected chi connectivity index (χ1v) is 22.6. The molecule has 342 valence electrons. The topological polar surface area (TPSA) is 171 Å². The van der Waals surface area contributed by atoms with Gasteiger partial charge < -0.3 is 15.0 Å². The highest BCUT2D eigenvalue weighted by atomic mass is 35.5. The number of Topliss-reactive ketones (excluding diaryl/α,β-unsaturated/α-hetero) is 2. The van der Waals surface area contributed by atoms with Gasteiger partial charge in [0.15, 0.2) is 17.3 Å². The van der Waals surface area contributed by atoms with E-state index in [4.69, 9.17) is 21.6 Å².